The van der Waals surface area contributed by atoms with Gasteiger partial charge < -0.3 is 5.32 Å². The first-order valence-electron chi connectivity index (χ1n) is 4.04. The maximum atomic E-state index is 7.46. The number of hydrogen-bond donors (Lipinski definition) is 2. The maximum Gasteiger partial charge on any atom is 0.0936 e. The second kappa shape index (κ2) is 1.74. The molecule has 2 heteroatoms. The molecule has 10 heavy (non-hydrogen) atoms. The molecule has 2 fully saturated rings. The van der Waals surface area contributed by atoms with E-state index in [2.05, 4.69) is 19.2 Å². The van der Waals surface area contributed by atoms with Gasteiger partial charge in [-0.1, -0.05) is 13.8 Å². The first kappa shape index (κ1) is 6.20. The Morgan fingerprint density at radius 3 is 2.80 bits per heavy atom. The molecule has 2 unspecified atom stereocenters. The van der Waals surface area contributed by atoms with Gasteiger partial charge in [0.15, 0.2) is 0 Å². The lowest BCUT2D eigenvalue weighted by molar-refractivity contribution is 0.462. The number of amidine groups is 1. The van der Waals surface area contributed by atoms with Crippen LogP contribution < -0.4 is 5.32 Å². The number of fused-ring (bicyclic) bond motifs is 1. The summed E-state index contributed by atoms with van der Waals surface area (Å²) < 4.78 is 0. The molecule has 2 aliphatic rings. The molecule has 1 aliphatic carbocycles. The van der Waals surface area contributed by atoms with E-state index in [1.807, 2.05) is 0 Å². The van der Waals surface area contributed by atoms with E-state index < -0.39 is 0 Å². The Morgan fingerprint density at radius 1 is 1.50 bits per heavy atom. The molecule has 1 heterocycles. The Kier molecular flexibility index (Phi) is 1.08. The van der Waals surface area contributed by atoms with Crippen molar-refractivity contribution in [1.29, 1.82) is 5.41 Å². The van der Waals surface area contributed by atoms with Crippen LogP contribution in [-0.2, 0) is 0 Å². The lowest BCUT2D eigenvalue weighted by Crippen LogP contribution is -2.33. The number of piperidine rings is 1. The quantitative estimate of drug-likeness (QED) is 0.519. The first-order chi connectivity index (χ1) is 4.70. The van der Waals surface area contributed by atoms with Crippen LogP contribution >= 0.6 is 0 Å². The van der Waals surface area contributed by atoms with Crippen LogP contribution in [0.5, 0.6) is 0 Å². The summed E-state index contributed by atoms with van der Waals surface area (Å²) in [4.78, 5) is 0. The third-order valence-corrected chi connectivity index (χ3v) is 2.97. The van der Waals surface area contributed by atoms with Crippen molar-refractivity contribution in [1.82, 2.24) is 5.32 Å². The minimum atomic E-state index is 0.649. The summed E-state index contributed by atoms with van der Waals surface area (Å²) in [6.45, 7) is 4.54. The SMILES string of the molecule is CC1CC(=N)N[C@@H]2C(C)[C@@H]12. The fraction of sp³-hybridized carbons (Fsp3) is 0.875. The summed E-state index contributed by atoms with van der Waals surface area (Å²) in [6, 6.07) is 0.649. The van der Waals surface area contributed by atoms with E-state index in [1.165, 1.54) is 0 Å². The van der Waals surface area contributed by atoms with Crippen molar-refractivity contribution < 1.29 is 0 Å². The molecule has 0 spiro atoms. The highest BCUT2D eigenvalue weighted by Crippen LogP contribution is 2.47. The second-order valence-corrected chi connectivity index (χ2v) is 3.77. The fourth-order valence-corrected chi connectivity index (χ4v) is 2.31. The van der Waals surface area contributed by atoms with E-state index >= 15 is 0 Å². The average Bonchev–Trinajstić information content (AvgIpc) is 2.42. The summed E-state index contributed by atoms with van der Waals surface area (Å²) in [6.07, 6.45) is 0.964. The molecule has 0 radical (unpaired) electrons. The van der Waals surface area contributed by atoms with Gasteiger partial charge in [0.25, 0.3) is 0 Å². The summed E-state index contributed by atoms with van der Waals surface area (Å²) >= 11 is 0. The lowest BCUT2D eigenvalue weighted by Gasteiger charge is -2.18. The maximum absolute atomic E-state index is 7.46. The highest BCUT2D eigenvalue weighted by atomic mass is 15.1. The zero-order valence-corrected chi connectivity index (χ0v) is 6.52. The van der Waals surface area contributed by atoms with Crippen molar-refractivity contribution in [3.8, 4) is 0 Å². The average molecular weight is 138 g/mol. The van der Waals surface area contributed by atoms with Crippen molar-refractivity contribution in [2.24, 2.45) is 17.8 Å². The molecule has 2 nitrogen and oxygen atoms in total. The van der Waals surface area contributed by atoms with E-state index in [9.17, 15) is 0 Å². The minimum Gasteiger partial charge on any atom is -0.371 e. The van der Waals surface area contributed by atoms with Crippen LogP contribution in [0.1, 0.15) is 20.3 Å². The highest BCUT2D eigenvalue weighted by molar-refractivity contribution is 5.81. The van der Waals surface area contributed by atoms with E-state index in [0.29, 0.717) is 6.04 Å². The van der Waals surface area contributed by atoms with E-state index in [-0.39, 0.29) is 0 Å². The van der Waals surface area contributed by atoms with Gasteiger partial charge in [0, 0.05) is 12.5 Å². The molecule has 0 aromatic rings. The van der Waals surface area contributed by atoms with Gasteiger partial charge in [-0.15, -0.1) is 0 Å². The van der Waals surface area contributed by atoms with Crippen molar-refractivity contribution in [2.75, 3.05) is 0 Å². The van der Waals surface area contributed by atoms with Gasteiger partial charge in [-0.3, -0.25) is 5.41 Å². The first-order valence-corrected chi connectivity index (χ1v) is 4.04. The standard InChI is InChI=1S/C8H14N2/c1-4-3-6(9)10-8-5(2)7(4)8/h4-5,7-8H,3H2,1-2H3,(H2,9,10)/t4?,5?,7-,8-/m1/s1. The molecule has 2 N–H and O–H groups in total. The number of nitrogens with one attached hydrogen (secondary N) is 2. The van der Waals surface area contributed by atoms with Crippen molar-refractivity contribution in [3.05, 3.63) is 0 Å². The van der Waals surface area contributed by atoms with Crippen LogP contribution in [-0.4, -0.2) is 11.9 Å². The largest absolute Gasteiger partial charge is 0.371 e. The predicted octanol–water partition coefficient (Wildman–Crippen LogP) is 1.23. The van der Waals surface area contributed by atoms with Crippen LogP contribution in [0.25, 0.3) is 0 Å². The fourth-order valence-electron chi connectivity index (χ4n) is 2.31. The van der Waals surface area contributed by atoms with Crippen LogP contribution in [0.15, 0.2) is 0 Å². The Bertz CT molecular complexity index is 166. The Hall–Kier alpha value is -0.530. The van der Waals surface area contributed by atoms with Gasteiger partial charge in [-0.05, 0) is 17.8 Å². The summed E-state index contributed by atoms with van der Waals surface area (Å²) in [5, 5.41) is 10.7. The van der Waals surface area contributed by atoms with Crippen LogP contribution in [0, 0.1) is 23.2 Å². The van der Waals surface area contributed by atoms with Gasteiger partial charge in [-0.2, -0.15) is 0 Å². The second-order valence-electron chi connectivity index (χ2n) is 3.77. The Morgan fingerprint density at radius 2 is 2.20 bits per heavy atom. The third kappa shape index (κ3) is 0.678. The van der Waals surface area contributed by atoms with E-state index in [1.54, 1.807) is 0 Å². The molecule has 0 aromatic carbocycles. The number of hydrogen-bond acceptors (Lipinski definition) is 1. The number of rotatable bonds is 0. The zero-order valence-electron chi connectivity index (χ0n) is 6.52. The monoisotopic (exact) mass is 138 g/mol. The van der Waals surface area contributed by atoms with Gasteiger partial charge in [0.05, 0.1) is 5.84 Å². The van der Waals surface area contributed by atoms with Crippen LogP contribution in [0.2, 0.25) is 0 Å². The normalized spacial score (nSPS) is 51.6. The molecule has 0 bridgehead atoms. The molecule has 1 saturated carbocycles. The van der Waals surface area contributed by atoms with Gasteiger partial charge in [-0.25, -0.2) is 0 Å². The van der Waals surface area contributed by atoms with Crippen LogP contribution in [0.4, 0.5) is 0 Å². The van der Waals surface area contributed by atoms with Crippen molar-refractivity contribution >= 4 is 5.84 Å². The van der Waals surface area contributed by atoms with Crippen molar-refractivity contribution in [2.45, 2.75) is 26.3 Å². The van der Waals surface area contributed by atoms with Crippen LogP contribution in [0.3, 0.4) is 0 Å². The van der Waals surface area contributed by atoms with Gasteiger partial charge in [0.2, 0.25) is 0 Å². The minimum absolute atomic E-state index is 0.649. The molecule has 0 aromatic heterocycles. The zero-order chi connectivity index (χ0) is 7.30. The van der Waals surface area contributed by atoms with Gasteiger partial charge in [0.1, 0.15) is 0 Å². The molecule has 1 aliphatic heterocycles. The lowest BCUT2D eigenvalue weighted by atomic mass is 9.98. The molecular weight excluding hydrogens is 124 g/mol. The topological polar surface area (TPSA) is 35.9 Å². The molecule has 2 rings (SSSR count). The Labute approximate surface area is 61.5 Å². The predicted molar refractivity (Wildman–Crippen MR) is 41.1 cm³/mol. The summed E-state index contributed by atoms with van der Waals surface area (Å²) in [5.41, 5.74) is 0. The molecule has 56 valence electrons. The van der Waals surface area contributed by atoms with Gasteiger partial charge >= 0.3 is 0 Å². The third-order valence-electron chi connectivity index (χ3n) is 2.97. The summed E-state index contributed by atoms with van der Waals surface area (Å²) in [7, 11) is 0. The highest BCUT2D eigenvalue weighted by Gasteiger charge is 2.52. The molecular formula is C8H14N2. The van der Waals surface area contributed by atoms with E-state index in [4.69, 9.17) is 5.41 Å². The Balaban J connectivity index is 2.09. The smallest absolute Gasteiger partial charge is 0.0936 e. The molecule has 0 amide bonds. The van der Waals surface area contributed by atoms with E-state index in [0.717, 1.165) is 30.0 Å². The summed E-state index contributed by atoms with van der Waals surface area (Å²) in [5.74, 6) is 3.18. The molecule has 1 saturated heterocycles. The van der Waals surface area contributed by atoms with Crippen molar-refractivity contribution in [3.63, 3.8) is 0 Å². The molecule has 4 atom stereocenters.